The smallest absolute Gasteiger partial charge is 0.402 e. The van der Waals surface area contributed by atoms with Gasteiger partial charge in [0.05, 0.1) is 11.6 Å². The average molecular weight is 523 g/mol. The van der Waals surface area contributed by atoms with Crippen LogP contribution in [0.3, 0.4) is 0 Å². The minimum Gasteiger partial charge on any atom is -0.494 e. The minimum atomic E-state index is -4.70. The Hall–Kier alpha value is -3.40. The molecule has 0 spiro atoms. The lowest BCUT2D eigenvalue weighted by molar-refractivity contribution is -0.211. The van der Waals surface area contributed by atoms with Gasteiger partial charge in [-0.2, -0.15) is 23.1 Å². The predicted octanol–water partition coefficient (Wildman–Crippen LogP) is 5.87. The molecule has 2 aromatic carbocycles. The summed E-state index contributed by atoms with van der Waals surface area (Å²) in [5, 5.41) is 12.7. The number of aromatic nitrogens is 3. The number of ether oxygens (including phenoxy) is 1. The Morgan fingerprint density at radius 2 is 1.78 bits per heavy atom. The summed E-state index contributed by atoms with van der Waals surface area (Å²) in [5.41, 5.74) is -0.280. The van der Waals surface area contributed by atoms with E-state index in [2.05, 4.69) is 20.3 Å². The molecule has 0 atom stereocenters. The molecule has 192 valence electrons. The summed E-state index contributed by atoms with van der Waals surface area (Å²) in [4.78, 5) is 24.6. The molecule has 0 aliphatic rings. The van der Waals surface area contributed by atoms with Crippen molar-refractivity contribution in [3.63, 3.8) is 0 Å². The quantitative estimate of drug-likeness (QED) is 0.384. The molecule has 0 saturated heterocycles. The number of carbonyl (C=O) groups excluding carboxylic acids is 1. The maximum absolute atomic E-state index is 13.1. The van der Waals surface area contributed by atoms with Crippen LogP contribution in [-0.4, -0.2) is 38.7 Å². The molecule has 1 aromatic heterocycles. The molecule has 0 bridgehead atoms. The number of aryl methyl sites for hydroxylation is 1. The maximum Gasteiger partial charge on any atom is 0.402 e. The zero-order chi connectivity index (χ0) is 26.7. The van der Waals surface area contributed by atoms with E-state index in [1.165, 1.54) is 12.1 Å². The average Bonchev–Trinajstić information content (AvgIpc) is 2.80. The molecular weight excluding hydrogens is 497 g/mol. The fourth-order valence-electron chi connectivity index (χ4n) is 3.18. The second-order valence-electron chi connectivity index (χ2n) is 8.79. The molecule has 0 aliphatic heterocycles. The van der Waals surface area contributed by atoms with E-state index in [1.807, 2.05) is 26.0 Å². The van der Waals surface area contributed by atoms with Crippen molar-refractivity contribution in [3.05, 3.63) is 52.5 Å². The van der Waals surface area contributed by atoms with Crippen LogP contribution < -0.4 is 10.1 Å². The summed E-state index contributed by atoms with van der Waals surface area (Å²) >= 11 is 6.35. The number of benzene rings is 2. The van der Waals surface area contributed by atoms with Crippen LogP contribution in [0.25, 0.3) is 22.8 Å². The Morgan fingerprint density at radius 3 is 2.44 bits per heavy atom. The summed E-state index contributed by atoms with van der Waals surface area (Å²) in [7, 11) is 0. The predicted molar refractivity (Wildman–Crippen MR) is 130 cm³/mol. The van der Waals surface area contributed by atoms with E-state index < -0.39 is 23.5 Å². The third kappa shape index (κ3) is 6.23. The third-order valence-corrected chi connectivity index (χ3v) is 5.74. The van der Waals surface area contributed by atoms with Crippen molar-refractivity contribution in [1.29, 1.82) is 0 Å². The van der Waals surface area contributed by atoms with Crippen LogP contribution in [0.15, 0.2) is 36.4 Å². The van der Waals surface area contributed by atoms with Gasteiger partial charge in [0.2, 0.25) is 5.91 Å². The second kappa shape index (κ2) is 10.7. The molecule has 1 heterocycles. The molecule has 1 amide bonds. The van der Waals surface area contributed by atoms with Crippen LogP contribution in [-0.2, 0) is 11.3 Å². The molecule has 0 fully saturated rings. The Balaban J connectivity index is 1.92. The van der Waals surface area contributed by atoms with Crippen molar-refractivity contribution in [2.45, 2.75) is 46.8 Å². The van der Waals surface area contributed by atoms with Crippen molar-refractivity contribution in [2.24, 2.45) is 5.41 Å². The van der Waals surface area contributed by atoms with E-state index in [-0.39, 0.29) is 23.2 Å². The fourth-order valence-corrected chi connectivity index (χ4v) is 3.38. The number of halogens is 4. The number of nitrogens with zero attached hydrogens (tertiary/aromatic N) is 3. The van der Waals surface area contributed by atoms with Gasteiger partial charge in [0.25, 0.3) is 0 Å². The van der Waals surface area contributed by atoms with Gasteiger partial charge in [0, 0.05) is 17.7 Å². The SMILES string of the molecule is CCCOc1cc(C)cc(-c2nc(O)nc(-c3cc(CNC(=O)C(C)(C)C(F)(F)F)ccc3Cl)n2)c1. The number of nitrogens with one attached hydrogen (secondary N) is 1. The number of rotatable bonds is 8. The molecule has 2 N–H and O–H groups in total. The van der Waals surface area contributed by atoms with Crippen molar-refractivity contribution < 1.29 is 27.8 Å². The summed E-state index contributed by atoms with van der Waals surface area (Å²) in [6.07, 6.45) is -3.86. The van der Waals surface area contributed by atoms with Gasteiger partial charge in [-0.1, -0.05) is 24.6 Å². The number of aromatic hydroxyl groups is 1. The van der Waals surface area contributed by atoms with Crippen LogP contribution in [0.2, 0.25) is 5.02 Å². The van der Waals surface area contributed by atoms with E-state index in [0.717, 1.165) is 25.8 Å². The number of alkyl halides is 3. The number of hydrogen-bond acceptors (Lipinski definition) is 6. The van der Waals surface area contributed by atoms with Gasteiger partial charge >= 0.3 is 12.2 Å². The summed E-state index contributed by atoms with van der Waals surface area (Å²) in [6.45, 7) is 5.87. The highest BCUT2D eigenvalue weighted by Gasteiger charge is 2.52. The number of hydrogen-bond donors (Lipinski definition) is 2. The number of carbonyl (C=O) groups is 1. The van der Waals surface area contributed by atoms with Crippen molar-refractivity contribution in [2.75, 3.05) is 6.61 Å². The van der Waals surface area contributed by atoms with Crippen LogP contribution in [0.1, 0.15) is 38.3 Å². The van der Waals surface area contributed by atoms with E-state index in [1.54, 1.807) is 12.1 Å². The highest BCUT2D eigenvalue weighted by Crippen LogP contribution is 2.37. The van der Waals surface area contributed by atoms with Crippen molar-refractivity contribution in [1.82, 2.24) is 20.3 Å². The van der Waals surface area contributed by atoms with Crippen molar-refractivity contribution in [3.8, 4) is 34.5 Å². The lowest BCUT2D eigenvalue weighted by Crippen LogP contribution is -2.46. The second-order valence-corrected chi connectivity index (χ2v) is 9.19. The first kappa shape index (κ1) is 27.2. The Morgan fingerprint density at radius 1 is 1.08 bits per heavy atom. The molecule has 3 rings (SSSR count). The standard InChI is InChI=1S/C25H26ClF3N4O3/c1-5-8-36-17-10-14(2)9-16(12-17)20-31-21(33-23(35)32-20)18-11-15(6-7-19(18)26)13-30-22(34)24(3,4)25(27,28)29/h6-7,9-12H,5,8,13H2,1-4H3,(H,30,34)(H,31,32,33,35). The molecule has 11 heteroatoms. The normalized spacial score (nSPS) is 11.9. The highest BCUT2D eigenvalue weighted by molar-refractivity contribution is 6.33. The molecule has 36 heavy (non-hydrogen) atoms. The zero-order valence-corrected chi connectivity index (χ0v) is 21.0. The fraction of sp³-hybridized carbons (Fsp3) is 0.360. The van der Waals surface area contributed by atoms with Gasteiger partial charge in [0.15, 0.2) is 11.6 Å². The van der Waals surface area contributed by atoms with Crippen LogP contribution in [0.4, 0.5) is 13.2 Å². The van der Waals surface area contributed by atoms with Crippen molar-refractivity contribution >= 4 is 17.5 Å². The number of amides is 1. The molecule has 0 radical (unpaired) electrons. The topological polar surface area (TPSA) is 97.2 Å². The van der Waals surface area contributed by atoms with Gasteiger partial charge in [-0.15, -0.1) is 0 Å². The highest BCUT2D eigenvalue weighted by atomic mass is 35.5. The Labute approximate surface area is 211 Å². The monoisotopic (exact) mass is 522 g/mol. The van der Waals surface area contributed by atoms with Gasteiger partial charge in [-0.05, 0) is 68.7 Å². The van der Waals surface area contributed by atoms with E-state index in [0.29, 0.717) is 29.0 Å². The van der Waals surface area contributed by atoms with Gasteiger partial charge < -0.3 is 15.2 Å². The largest absolute Gasteiger partial charge is 0.494 e. The first-order chi connectivity index (χ1) is 16.8. The van der Waals surface area contributed by atoms with Crippen LogP contribution in [0, 0.1) is 12.3 Å². The molecule has 0 aliphatic carbocycles. The zero-order valence-electron chi connectivity index (χ0n) is 20.2. The first-order valence-electron chi connectivity index (χ1n) is 11.2. The summed E-state index contributed by atoms with van der Waals surface area (Å²) in [5.74, 6) is -0.286. The molecule has 7 nitrogen and oxygen atoms in total. The maximum atomic E-state index is 13.1. The van der Waals surface area contributed by atoms with Gasteiger partial charge in [-0.25, -0.2) is 4.98 Å². The van der Waals surface area contributed by atoms with E-state index in [9.17, 15) is 23.1 Å². The molecule has 0 unspecified atom stereocenters. The lowest BCUT2D eigenvalue weighted by atomic mass is 9.91. The lowest BCUT2D eigenvalue weighted by Gasteiger charge is -2.26. The molecule has 3 aromatic rings. The summed E-state index contributed by atoms with van der Waals surface area (Å²) < 4.78 is 45.1. The minimum absolute atomic E-state index is 0.0591. The molecular formula is C25H26ClF3N4O3. The van der Waals surface area contributed by atoms with Gasteiger partial charge in [0.1, 0.15) is 11.2 Å². The van der Waals surface area contributed by atoms with E-state index in [4.69, 9.17) is 16.3 Å². The first-order valence-corrected chi connectivity index (χ1v) is 11.5. The molecule has 0 saturated carbocycles. The summed E-state index contributed by atoms with van der Waals surface area (Å²) in [6, 6.07) is 9.52. The third-order valence-electron chi connectivity index (χ3n) is 5.41. The Kier molecular flexibility index (Phi) is 8.08. The Bertz CT molecular complexity index is 1270. The van der Waals surface area contributed by atoms with Crippen LogP contribution >= 0.6 is 11.6 Å². The van der Waals surface area contributed by atoms with E-state index >= 15 is 0 Å². The van der Waals surface area contributed by atoms with Crippen LogP contribution in [0.5, 0.6) is 11.8 Å². The van der Waals surface area contributed by atoms with Gasteiger partial charge in [-0.3, -0.25) is 4.79 Å².